The lowest BCUT2D eigenvalue weighted by molar-refractivity contribution is 0.0729. The highest BCUT2D eigenvalue weighted by Gasteiger charge is 2.27. The SMILES string of the molecule is CCc1nc2c(cnn2CC)c(NC2CCOCC2)c1CN(Cc1ccc(F)c(-c2cccc(CN3CCN[C@@H](C)C3)c2)c1)C(=O)c1cc(Br)cc(C(N)=O)c1. The Morgan fingerprint density at radius 2 is 1.86 bits per heavy atom. The number of nitrogens with one attached hydrogen (secondary N) is 2. The zero-order valence-electron chi connectivity index (χ0n) is 32.3. The summed E-state index contributed by atoms with van der Waals surface area (Å²) in [4.78, 5) is 36.3. The molecule has 13 heteroatoms. The average Bonchev–Trinajstić information content (AvgIpc) is 3.61. The number of hydrogen-bond acceptors (Lipinski definition) is 8. The number of hydrogen-bond donors (Lipinski definition) is 3. The summed E-state index contributed by atoms with van der Waals surface area (Å²) < 4.78 is 23.9. The van der Waals surface area contributed by atoms with E-state index in [9.17, 15) is 9.59 Å². The van der Waals surface area contributed by atoms with Gasteiger partial charge in [0.25, 0.3) is 5.91 Å². The quantitative estimate of drug-likeness (QED) is 0.117. The number of carbonyl (C=O) groups is 2. The number of aryl methyl sites for hydroxylation is 2. The molecule has 0 aliphatic carbocycles. The molecular weight excluding hydrogens is 775 g/mol. The van der Waals surface area contributed by atoms with Gasteiger partial charge in [0.2, 0.25) is 5.91 Å². The molecule has 1 atom stereocenters. The van der Waals surface area contributed by atoms with E-state index in [-0.39, 0.29) is 36.4 Å². The summed E-state index contributed by atoms with van der Waals surface area (Å²) in [5.41, 5.74) is 12.7. The van der Waals surface area contributed by atoms with E-state index in [1.54, 1.807) is 23.1 Å². The van der Waals surface area contributed by atoms with Crippen LogP contribution in [0, 0.1) is 5.82 Å². The van der Waals surface area contributed by atoms with Gasteiger partial charge in [-0.25, -0.2) is 14.1 Å². The Bertz CT molecular complexity index is 2220. The van der Waals surface area contributed by atoms with Crippen LogP contribution in [0.5, 0.6) is 0 Å². The number of pyridine rings is 1. The van der Waals surface area contributed by atoms with Gasteiger partial charge in [0.05, 0.1) is 23.8 Å². The van der Waals surface area contributed by atoms with Crippen LogP contribution in [-0.2, 0) is 37.3 Å². The van der Waals surface area contributed by atoms with Gasteiger partial charge >= 0.3 is 0 Å². The molecule has 11 nitrogen and oxygen atoms in total. The van der Waals surface area contributed by atoms with Crippen LogP contribution in [-0.4, -0.2) is 81.3 Å². The van der Waals surface area contributed by atoms with Crippen molar-refractivity contribution in [3.8, 4) is 11.1 Å². The fraction of sp³-hybridized carbons (Fsp3) is 0.395. The molecule has 56 heavy (non-hydrogen) atoms. The number of aromatic nitrogens is 3. The molecular formula is C43H50BrFN8O3. The maximum atomic E-state index is 15.7. The van der Waals surface area contributed by atoms with Crippen LogP contribution in [0.4, 0.5) is 10.1 Å². The Hall–Kier alpha value is -4.69. The first kappa shape index (κ1) is 39.5. The number of primary amides is 1. The smallest absolute Gasteiger partial charge is 0.254 e. The zero-order chi connectivity index (χ0) is 39.3. The first-order valence-corrected chi connectivity index (χ1v) is 20.3. The number of amides is 2. The van der Waals surface area contributed by atoms with Crippen molar-refractivity contribution in [1.82, 2.24) is 29.9 Å². The first-order valence-electron chi connectivity index (χ1n) is 19.5. The summed E-state index contributed by atoms with van der Waals surface area (Å²) in [5.74, 6) is -1.28. The summed E-state index contributed by atoms with van der Waals surface area (Å²) >= 11 is 3.48. The molecule has 0 spiro atoms. The van der Waals surface area contributed by atoms with Crippen molar-refractivity contribution >= 4 is 44.5 Å². The van der Waals surface area contributed by atoms with Crippen molar-refractivity contribution < 1.29 is 18.7 Å². The molecule has 0 bridgehead atoms. The summed E-state index contributed by atoms with van der Waals surface area (Å²) in [7, 11) is 0. The molecule has 4 N–H and O–H groups in total. The summed E-state index contributed by atoms with van der Waals surface area (Å²) in [6.07, 6.45) is 4.16. The molecule has 7 rings (SSSR count). The van der Waals surface area contributed by atoms with Gasteiger partial charge < -0.3 is 26.0 Å². The molecule has 3 aromatic carbocycles. The van der Waals surface area contributed by atoms with E-state index in [2.05, 4.69) is 62.5 Å². The lowest BCUT2D eigenvalue weighted by Gasteiger charge is -2.31. The molecule has 2 aliphatic heterocycles. The summed E-state index contributed by atoms with van der Waals surface area (Å²) in [6.45, 7) is 12.3. The van der Waals surface area contributed by atoms with Crippen molar-refractivity contribution in [2.75, 3.05) is 38.2 Å². The molecule has 0 unspecified atom stereocenters. The number of nitrogens with zero attached hydrogens (tertiary/aromatic N) is 5. The van der Waals surface area contributed by atoms with Gasteiger partial charge in [0.15, 0.2) is 5.65 Å². The number of rotatable bonds is 13. The largest absolute Gasteiger partial charge is 0.381 e. The van der Waals surface area contributed by atoms with Gasteiger partial charge in [-0.15, -0.1) is 0 Å². The number of carbonyl (C=O) groups excluding carboxylic acids is 2. The summed E-state index contributed by atoms with van der Waals surface area (Å²) in [6, 6.07) is 18.5. The predicted octanol–water partition coefficient (Wildman–Crippen LogP) is 6.91. The van der Waals surface area contributed by atoms with Gasteiger partial charge in [-0.2, -0.15) is 5.10 Å². The molecule has 2 fully saturated rings. The normalized spacial score (nSPS) is 16.6. The second kappa shape index (κ2) is 17.6. The second-order valence-corrected chi connectivity index (χ2v) is 15.8. The molecule has 0 saturated carbocycles. The van der Waals surface area contributed by atoms with E-state index in [0.717, 1.165) is 83.7 Å². The topological polar surface area (TPSA) is 131 Å². The Kier molecular flexibility index (Phi) is 12.4. The number of piperazine rings is 1. The zero-order valence-corrected chi connectivity index (χ0v) is 33.9. The Labute approximate surface area is 335 Å². The van der Waals surface area contributed by atoms with E-state index in [4.69, 9.17) is 15.5 Å². The number of nitrogens with two attached hydrogens (primary N) is 1. The Balaban J connectivity index is 1.28. The number of anilines is 1. The van der Waals surface area contributed by atoms with Crippen LogP contribution in [0.25, 0.3) is 22.2 Å². The van der Waals surface area contributed by atoms with Crippen LogP contribution in [0.15, 0.2) is 71.3 Å². The highest BCUT2D eigenvalue weighted by Crippen LogP contribution is 2.34. The molecule has 2 saturated heterocycles. The molecule has 4 heterocycles. The maximum Gasteiger partial charge on any atom is 0.254 e. The monoisotopic (exact) mass is 824 g/mol. The lowest BCUT2D eigenvalue weighted by Crippen LogP contribution is -2.48. The van der Waals surface area contributed by atoms with Crippen LogP contribution in [0.1, 0.15) is 76.7 Å². The van der Waals surface area contributed by atoms with Gasteiger partial charge in [0, 0.05) is 97.0 Å². The predicted molar refractivity (Wildman–Crippen MR) is 221 cm³/mol. The van der Waals surface area contributed by atoms with E-state index >= 15 is 4.39 Å². The highest BCUT2D eigenvalue weighted by atomic mass is 79.9. The highest BCUT2D eigenvalue weighted by molar-refractivity contribution is 9.10. The van der Waals surface area contributed by atoms with Crippen LogP contribution < -0.4 is 16.4 Å². The van der Waals surface area contributed by atoms with Crippen molar-refractivity contribution in [3.63, 3.8) is 0 Å². The minimum atomic E-state index is -0.637. The van der Waals surface area contributed by atoms with Crippen LogP contribution >= 0.6 is 15.9 Å². The van der Waals surface area contributed by atoms with Crippen molar-refractivity contribution in [2.24, 2.45) is 5.73 Å². The minimum Gasteiger partial charge on any atom is -0.381 e. The first-order chi connectivity index (χ1) is 27.1. The maximum absolute atomic E-state index is 15.7. The third-order valence-electron chi connectivity index (χ3n) is 10.7. The summed E-state index contributed by atoms with van der Waals surface area (Å²) in [5, 5.41) is 12.9. The van der Waals surface area contributed by atoms with E-state index in [1.165, 1.54) is 12.1 Å². The van der Waals surface area contributed by atoms with Gasteiger partial charge in [-0.1, -0.05) is 47.1 Å². The third-order valence-corrected chi connectivity index (χ3v) is 11.2. The van der Waals surface area contributed by atoms with Gasteiger partial charge in [-0.3, -0.25) is 14.5 Å². The molecule has 2 aliphatic rings. The van der Waals surface area contributed by atoms with E-state index in [1.807, 2.05) is 36.0 Å². The fourth-order valence-corrected chi connectivity index (χ4v) is 8.37. The number of ether oxygens (including phenoxy) is 1. The third kappa shape index (κ3) is 8.96. The lowest BCUT2D eigenvalue weighted by atomic mass is 9.99. The average molecular weight is 826 g/mol. The Morgan fingerprint density at radius 1 is 1.05 bits per heavy atom. The molecule has 2 amide bonds. The van der Waals surface area contributed by atoms with Crippen molar-refractivity contribution in [3.05, 3.63) is 111 Å². The van der Waals surface area contributed by atoms with E-state index in [0.29, 0.717) is 47.8 Å². The standard InChI is InChI=1S/C43H50BrFN8O3/c1-4-39-37(40(49-34-11-15-56-16-12-34)36-22-48-53(5-2)42(36)50-39)26-52(43(55)32-19-31(41(46)54)20-33(44)21-32)25-29-9-10-38(45)35(18-29)30-8-6-7-28(17-30)24-51-14-13-47-27(3)23-51/h6-10,17-22,27,34,47H,4-5,11-16,23-26H2,1-3H3,(H2,46,54)(H,49,50)/t27-/m0/s1. The van der Waals surface area contributed by atoms with E-state index < -0.39 is 5.91 Å². The Morgan fingerprint density at radius 3 is 2.61 bits per heavy atom. The molecule has 2 aromatic heterocycles. The number of halogens is 2. The van der Waals surface area contributed by atoms with Crippen LogP contribution in [0.3, 0.4) is 0 Å². The van der Waals surface area contributed by atoms with Gasteiger partial charge in [-0.05, 0) is 86.2 Å². The molecule has 0 radical (unpaired) electrons. The second-order valence-electron chi connectivity index (χ2n) is 14.9. The molecule has 5 aromatic rings. The fourth-order valence-electron chi connectivity index (χ4n) is 7.87. The number of fused-ring (bicyclic) bond motifs is 1. The number of benzene rings is 3. The molecule has 294 valence electrons. The van der Waals surface area contributed by atoms with Gasteiger partial charge in [0.1, 0.15) is 5.82 Å². The van der Waals surface area contributed by atoms with Crippen molar-refractivity contribution in [1.29, 1.82) is 0 Å². The van der Waals surface area contributed by atoms with Crippen LogP contribution in [0.2, 0.25) is 0 Å². The minimum absolute atomic E-state index is 0.162. The van der Waals surface area contributed by atoms with Crippen molar-refractivity contribution in [2.45, 2.75) is 78.3 Å².